The Labute approximate surface area is 104 Å². The number of anilines is 2. The van der Waals surface area contributed by atoms with Crippen molar-refractivity contribution in [3.05, 3.63) is 24.3 Å². The first-order valence-corrected chi connectivity index (χ1v) is 5.34. The zero-order chi connectivity index (χ0) is 12.8. The molecule has 4 N–H and O–H groups in total. The second-order valence-electron chi connectivity index (χ2n) is 3.45. The first kappa shape index (κ1) is 13.1. The lowest BCUT2D eigenvalue weighted by molar-refractivity contribution is -0.115. The van der Waals surface area contributed by atoms with E-state index in [1.165, 1.54) is 6.92 Å². The zero-order valence-electron chi connectivity index (χ0n) is 9.32. The molecule has 0 aliphatic carbocycles. The molecule has 0 aliphatic rings. The maximum Gasteiger partial charge on any atom is 0.231 e. The minimum atomic E-state index is -0.280. The molecule has 0 aliphatic heterocycles. The van der Waals surface area contributed by atoms with E-state index < -0.39 is 0 Å². The monoisotopic (exact) mass is 251 g/mol. The summed E-state index contributed by atoms with van der Waals surface area (Å²) in [6, 6.07) is 6.81. The van der Waals surface area contributed by atoms with Crippen LogP contribution < -0.4 is 16.4 Å². The number of carbonyl (C=O) groups is 2. The van der Waals surface area contributed by atoms with Crippen molar-refractivity contribution in [1.29, 1.82) is 0 Å². The van der Waals surface area contributed by atoms with Gasteiger partial charge in [-0.05, 0) is 18.2 Å². The Bertz CT molecular complexity index is 460. The third kappa shape index (κ3) is 5.07. The van der Waals surface area contributed by atoms with Crippen molar-refractivity contribution < 1.29 is 9.59 Å². The molecule has 0 radical (unpaired) electrons. The van der Waals surface area contributed by atoms with Gasteiger partial charge in [0.2, 0.25) is 11.8 Å². The Morgan fingerprint density at radius 1 is 1.29 bits per heavy atom. The number of carbonyl (C=O) groups excluding carboxylic acids is 2. The highest BCUT2D eigenvalue weighted by Crippen LogP contribution is 2.15. The number of nitrogens with two attached hydrogens (primary N) is 1. The fourth-order valence-electron chi connectivity index (χ4n) is 1.24. The van der Waals surface area contributed by atoms with E-state index >= 15 is 0 Å². The Morgan fingerprint density at radius 2 is 1.88 bits per heavy atom. The molecule has 17 heavy (non-hydrogen) atoms. The predicted molar refractivity (Wildman–Crippen MR) is 70.8 cm³/mol. The van der Waals surface area contributed by atoms with Crippen LogP contribution in [0.15, 0.2) is 24.3 Å². The van der Waals surface area contributed by atoms with Gasteiger partial charge in [0.05, 0.1) is 11.4 Å². The smallest absolute Gasteiger partial charge is 0.231 e. The molecule has 0 spiro atoms. The molecule has 90 valence electrons. The van der Waals surface area contributed by atoms with Crippen molar-refractivity contribution in [1.82, 2.24) is 0 Å². The molecule has 0 saturated heterocycles. The van der Waals surface area contributed by atoms with Crippen LogP contribution in [0.25, 0.3) is 0 Å². The molecule has 2 amide bonds. The summed E-state index contributed by atoms with van der Waals surface area (Å²) in [6.45, 7) is 1.41. The first-order valence-electron chi connectivity index (χ1n) is 4.93. The van der Waals surface area contributed by atoms with Crippen LogP contribution in [-0.2, 0) is 9.59 Å². The van der Waals surface area contributed by atoms with Gasteiger partial charge < -0.3 is 16.4 Å². The second kappa shape index (κ2) is 5.95. The van der Waals surface area contributed by atoms with Crippen molar-refractivity contribution in [3.63, 3.8) is 0 Å². The minimum absolute atomic E-state index is 0.000300. The third-order valence-corrected chi connectivity index (χ3v) is 1.95. The molecule has 0 aromatic heterocycles. The van der Waals surface area contributed by atoms with Crippen LogP contribution in [-0.4, -0.2) is 16.8 Å². The lowest BCUT2D eigenvalue weighted by Crippen LogP contribution is -2.20. The van der Waals surface area contributed by atoms with Gasteiger partial charge in [0.25, 0.3) is 0 Å². The fraction of sp³-hybridized carbons (Fsp3) is 0.182. The lowest BCUT2D eigenvalue weighted by Gasteiger charge is -2.07. The van der Waals surface area contributed by atoms with Gasteiger partial charge in [0.15, 0.2) is 0 Å². The van der Waals surface area contributed by atoms with Gasteiger partial charge >= 0.3 is 0 Å². The predicted octanol–water partition coefficient (Wildman–Crippen LogP) is 1.26. The van der Waals surface area contributed by atoms with Crippen LogP contribution in [0.3, 0.4) is 0 Å². The first-order chi connectivity index (χ1) is 7.97. The lowest BCUT2D eigenvalue weighted by atomic mass is 10.2. The topological polar surface area (TPSA) is 84.2 Å². The molecule has 1 rings (SSSR count). The van der Waals surface area contributed by atoms with Gasteiger partial charge in [-0.3, -0.25) is 9.59 Å². The molecule has 0 atom stereocenters. The molecular formula is C11H13N3O2S. The average Bonchev–Trinajstić information content (AvgIpc) is 2.14. The largest absolute Gasteiger partial charge is 0.393 e. The third-order valence-electron chi connectivity index (χ3n) is 1.80. The van der Waals surface area contributed by atoms with Crippen LogP contribution in [0.4, 0.5) is 11.4 Å². The van der Waals surface area contributed by atoms with E-state index in [1.54, 1.807) is 24.3 Å². The van der Waals surface area contributed by atoms with E-state index in [4.69, 9.17) is 5.73 Å². The molecule has 6 heteroatoms. The van der Waals surface area contributed by atoms with Gasteiger partial charge in [-0.1, -0.05) is 18.3 Å². The highest BCUT2D eigenvalue weighted by atomic mass is 32.1. The SMILES string of the molecule is CC(=O)Nc1cccc(NC(=O)CC(N)=S)c1. The summed E-state index contributed by atoms with van der Waals surface area (Å²) in [5, 5.41) is 5.25. The van der Waals surface area contributed by atoms with E-state index in [9.17, 15) is 9.59 Å². The van der Waals surface area contributed by atoms with Crippen molar-refractivity contribution in [2.45, 2.75) is 13.3 Å². The van der Waals surface area contributed by atoms with Crippen molar-refractivity contribution >= 4 is 40.4 Å². The molecule has 0 unspecified atom stereocenters. The average molecular weight is 251 g/mol. The van der Waals surface area contributed by atoms with E-state index in [0.29, 0.717) is 11.4 Å². The van der Waals surface area contributed by atoms with Crippen molar-refractivity contribution in [3.8, 4) is 0 Å². The number of amides is 2. The summed E-state index contributed by atoms with van der Waals surface area (Å²) in [6.07, 6.45) is -0.000300. The molecule has 1 aromatic rings. The normalized spacial score (nSPS) is 9.47. The summed E-state index contributed by atoms with van der Waals surface area (Å²) < 4.78 is 0. The highest BCUT2D eigenvalue weighted by molar-refractivity contribution is 7.80. The molecular weight excluding hydrogens is 238 g/mol. The van der Waals surface area contributed by atoms with E-state index in [2.05, 4.69) is 22.9 Å². The molecule has 0 saturated carbocycles. The van der Waals surface area contributed by atoms with Crippen molar-refractivity contribution in [2.75, 3.05) is 10.6 Å². The number of thiocarbonyl (C=S) groups is 1. The van der Waals surface area contributed by atoms with E-state index in [1.807, 2.05) is 0 Å². The molecule has 0 fully saturated rings. The summed E-state index contributed by atoms with van der Waals surface area (Å²) in [4.78, 5) is 22.4. The Balaban J connectivity index is 2.68. The Hall–Kier alpha value is -1.95. The highest BCUT2D eigenvalue weighted by Gasteiger charge is 2.04. The Morgan fingerprint density at radius 3 is 2.41 bits per heavy atom. The summed E-state index contributed by atoms with van der Waals surface area (Å²) in [5.74, 6) is -0.450. The van der Waals surface area contributed by atoms with Gasteiger partial charge in [-0.15, -0.1) is 0 Å². The van der Waals surface area contributed by atoms with Gasteiger partial charge in [0, 0.05) is 18.3 Å². The summed E-state index contributed by atoms with van der Waals surface area (Å²) >= 11 is 4.63. The minimum Gasteiger partial charge on any atom is -0.393 e. The maximum atomic E-state index is 11.4. The maximum absolute atomic E-state index is 11.4. The number of rotatable bonds is 4. The number of hydrogen-bond donors (Lipinski definition) is 3. The van der Waals surface area contributed by atoms with Gasteiger partial charge in [-0.25, -0.2) is 0 Å². The van der Waals surface area contributed by atoms with Crippen LogP contribution >= 0.6 is 12.2 Å². The zero-order valence-corrected chi connectivity index (χ0v) is 10.1. The number of nitrogens with one attached hydrogen (secondary N) is 2. The molecule has 1 aromatic carbocycles. The second-order valence-corrected chi connectivity index (χ2v) is 3.98. The molecule has 0 heterocycles. The van der Waals surface area contributed by atoms with Gasteiger partial charge in [0.1, 0.15) is 0 Å². The molecule has 5 nitrogen and oxygen atoms in total. The molecule has 0 bridgehead atoms. The summed E-state index contributed by atoms with van der Waals surface area (Å²) in [5.41, 5.74) is 6.45. The summed E-state index contributed by atoms with van der Waals surface area (Å²) in [7, 11) is 0. The van der Waals surface area contributed by atoms with Gasteiger partial charge in [-0.2, -0.15) is 0 Å². The van der Waals surface area contributed by atoms with Crippen LogP contribution in [0.1, 0.15) is 13.3 Å². The van der Waals surface area contributed by atoms with E-state index in [0.717, 1.165) is 0 Å². The number of benzene rings is 1. The Kier molecular flexibility index (Phi) is 4.59. The quantitative estimate of drug-likeness (QED) is 0.703. The fourth-order valence-corrected chi connectivity index (χ4v) is 1.37. The standard InChI is InChI=1S/C11H13N3O2S/c1-7(15)13-8-3-2-4-9(5-8)14-11(16)6-10(12)17/h2-5H,6H2,1H3,(H2,12,17)(H,13,15)(H,14,16). The van der Waals surface area contributed by atoms with Crippen molar-refractivity contribution in [2.24, 2.45) is 5.73 Å². The van der Waals surface area contributed by atoms with E-state index in [-0.39, 0.29) is 23.2 Å². The van der Waals surface area contributed by atoms with Crippen LogP contribution in [0.2, 0.25) is 0 Å². The number of hydrogen-bond acceptors (Lipinski definition) is 3. The van der Waals surface area contributed by atoms with Crippen LogP contribution in [0.5, 0.6) is 0 Å². The van der Waals surface area contributed by atoms with Crippen LogP contribution in [0, 0.1) is 0 Å².